The van der Waals surface area contributed by atoms with Crippen molar-refractivity contribution in [3.63, 3.8) is 0 Å². The first-order valence-electron chi connectivity index (χ1n) is 8.11. The lowest BCUT2D eigenvalue weighted by Gasteiger charge is -2.30. The highest BCUT2D eigenvalue weighted by Gasteiger charge is 2.70. The van der Waals surface area contributed by atoms with Gasteiger partial charge in [0, 0.05) is 24.3 Å². The Morgan fingerprint density at radius 2 is 1.89 bits per heavy atom. The quantitative estimate of drug-likeness (QED) is 0.784. The molecule has 1 aromatic rings. The fourth-order valence-corrected chi connectivity index (χ4v) is 6.04. The van der Waals surface area contributed by atoms with Crippen molar-refractivity contribution in [2.45, 2.75) is 17.8 Å². The van der Waals surface area contributed by atoms with Crippen molar-refractivity contribution in [3.8, 4) is 0 Å². The number of carbonyl (C=O) groups excluding carboxylic acids is 2. The number of sulfone groups is 1. The van der Waals surface area contributed by atoms with Gasteiger partial charge in [-0.15, -0.1) is 0 Å². The third kappa shape index (κ3) is 3.22. The summed E-state index contributed by atoms with van der Waals surface area (Å²) in [6.07, 6.45) is -4.17. The SMILES string of the molecule is C=CC(=O)Nc1ccc(C(=O)N2C[C@H]3[C@](C(F)(F)F)(CCS3(=O)=O)C2)cc1. The molecule has 2 atom stereocenters. The molecule has 0 aromatic heterocycles. The fourth-order valence-electron chi connectivity index (χ4n) is 3.69. The predicted octanol–water partition coefficient (Wildman–Crippen LogP) is 2.00. The minimum Gasteiger partial charge on any atom is -0.336 e. The van der Waals surface area contributed by atoms with E-state index >= 15 is 0 Å². The summed E-state index contributed by atoms with van der Waals surface area (Å²) < 4.78 is 65.1. The van der Waals surface area contributed by atoms with Gasteiger partial charge in [-0.05, 0) is 36.8 Å². The molecule has 146 valence electrons. The molecular formula is C17H17F3N2O4S. The van der Waals surface area contributed by atoms with E-state index in [4.69, 9.17) is 0 Å². The van der Waals surface area contributed by atoms with Gasteiger partial charge in [-0.25, -0.2) is 8.42 Å². The van der Waals surface area contributed by atoms with E-state index in [1.807, 2.05) is 0 Å². The third-order valence-electron chi connectivity index (χ3n) is 5.18. The molecule has 2 aliphatic heterocycles. The van der Waals surface area contributed by atoms with Crippen LogP contribution in [0.3, 0.4) is 0 Å². The zero-order valence-corrected chi connectivity index (χ0v) is 14.9. The summed E-state index contributed by atoms with van der Waals surface area (Å²) in [5.41, 5.74) is -1.90. The number of nitrogens with zero attached hydrogens (tertiary/aromatic N) is 1. The van der Waals surface area contributed by atoms with E-state index < -0.39 is 63.8 Å². The Bertz CT molecular complexity index is 896. The number of fused-ring (bicyclic) bond motifs is 1. The molecule has 0 spiro atoms. The summed E-state index contributed by atoms with van der Waals surface area (Å²) in [5.74, 6) is -1.64. The van der Waals surface area contributed by atoms with Gasteiger partial charge < -0.3 is 10.2 Å². The molecule has 3 rings (SSSR count). The van der Waals surface area contributed by atoms with Crippen molar-refractivity contribution < 1.29 is 31.2 Å². The van der Waals surface area contributed by atoms with Gasteiger partial charge in [-0.3, -0.25) is 9.59 Å². The molecule has 2 aliphatic rings. The molecule has 27 heavy (non-hydrogen) atoms. The Labute approximate surface area is 153 Å². The van der Waals surface area contributed by atoms with Gasteiger partial charge in [0.25, 0.3) is 5.91 Å². The van der Waals surface area contributed by atoms with E-state index in [2.05, 4.69) is 11.9 Å². The first-order valence-corrected chi connectivity index (χ1v) is 9.83. The smallest absolute Gasteiger partial charge is 0.336 e. The molecule has 0 radical (unpaired) electrons. The highest BCUT2D eigenvalue weighted by molar-refractivity contribution is 7.92. The number of alkyl halides is 3. The van der Waals surface area contributed by atoms with Gasteiger partial charge >= 0.3 is 6.18 Å². The van der Waals surface area contributed by atoms with Crippen LogP contribution in [0.4, 0.5) is 18.9 Å². The second-order valence-electron chi connectivity index (χ2n) is 6.72. The lowest BCUT2D eigenvalue weighted by atomic mass is 9.83. The Hall–Kier alpha value is -2.36. The van der Waals surface area contributed by atoms with E-state index in [1.54, 1.807) is 0 Å². The lowest BCUT2D eigenvalue weighted by molar-refractivity contribution is -0.215. The van der Waals surface area contributed by atoms with Crippen LogP contribution in [0.15, 0.2) is 36.9 Å². The first kappa shape index (κ1) is 19.4. The summed E-state index contributed by atoms with van der Waals surface area (Å²) in [5, 5.41) is 0.861. The molecule has 2 heterocycles. The molecule has 0 bridgehead atoms. The average molecular weight is 402 g/mol. The number of amides is 2. The Morgan fingerprint density at radius 3 is 2.41 bits per heavy atom. The number of hydrogen-bond donors (Lipinski definition) is 1. The van der Waals surface area contributed by atoms with E-state index in [0.717, 1.165) is 11.0 Å². The van der Waals surface area contributed by atoms with E-state index in [-0.39, 0.29) is 5.56 Å². The molecule has 2 fully saturated rings. The molecule has 2 amide bonds. The summed E-state index contributed by atoms with van der Waals surface area (Å²) in [7, 11) is -3.91. The monoisotopic (exact) mass is 402 g/mol. The van der Waals surface area contributed by atoms with Crippen molar-refractivity contribution >= 4 is 27.3 Å². The minimum absolute atomic E-state index is 0.112. The first-order chi connectivity index (χ1) is 12.5. The molecule has 1 aromatic carbocycles. The maximum Gasteiger partial charge on any atom is 0.397 e. The third-order valence-corrected chi connectivity index (χ3v) is 7.42. The Balaban J connectivity index is 1.83. The highest BCUT2D eigenvalue weighted by atomic mass is 32.2. The van der Waals surface area contributed by atoms with Crippen molar-refractivity contribution in [2.24, 2.45) is 5.41 Å². The van der Waals surface area contributed by atoms with Gasteiger partial charge in [0.2, 0.25) is 5.91 Å². The zero-order chi connectivity index (χ0) is 20.0. The number of likely N-dealkylation sites (tertiary alicyclic amines) is 1. The number of benzene rings is 1. The molecule has 10 heteroatoms. The van der Waals surface area contributed by atoms with Crippen molar-refractivity contribution in [2.75, 3.05) is 24.2 Å². The van der Waals surface area contributed by atoms with Crippen LogP contribution in [0.5, 0.6) is 0 Å². The second-order valence-corrected chi connectivity index (χ2v) is 9.02. The van der Waals surface area contributed by atoms with Crippen LogP contribution in [0.2, 0.25) is 0 Å². The fraction of sp³-hybridized carbons (Fsp3) is 0.412. The summed E-state index contributed by atoms with van der Waals surface area (Å²) in [6.45, 7) is 2.16. The van der Waals surface area contributed by atoms with Crippen LogP contribution in [0, 0.1) is 5.41 Å². The number of anilines is 1. The van der Waals surface area contributed by atoms with Gasteiger partial charge in [0.15, 0.2) is 9.84 Å². The Kier molecular flexibility index (Phi) is 4.57. The van der Waals surface area contributed by atoms with Crippen molar-refractivity contribution in [1.29, 1.82) is 0 Å². The van der Waals surface area contributed by atoms with Crippen molar-refractivity contribution in [3.05, 3.63) is 42.5 Å². The standard InChI is InChI=1S/C17H17F3N2O4S/c1-2-14(23)21-12-5-3-11(4-6-12)15(24)22-9-13-16(10-22,17(18,19)20)7-8-27(13,25)26/h2-6,13H,1,7-10H2,(H,21,23)/t13-,16-/m0/s1. The second kappa shape index (κ2) is 6.36. The molecule has 1 N–H and O–H groups in total. The van der Waals surface area contributed by atoms with Crippen molar-refractivity contribution in [1.82, 2.24) is 4.90 Å². The number of nitrogens with one attached hydrogen (secondary N) is 1. The maximum absolute atomic E-state index is 13.6. The lowest BCUT2D eigenvalue weighted by Crippen LogP contribution is -2.45. The summed E-state index contributed by atoms with van der Waals surface area (Å²) in [4.78, 5) is 24.8. The van der Waals surface area contributed by atoms with E-state index in [9.17, 15) is 31.2 Å². The minimum atomic E-state index is -4.71. The normalized spacial score (nSPS) is 26.5. The molecule has 6 nitrogen and oxygen atoms in total. The van der Waals surface area contributed by atoms with E-state index in [0.29, 0.717) is 5.69 Å². The number of carbonyl (C=O) groups is 2. The molecule has 0 aliphatic carbocycles. The van der Waals surface area contributed by atoms with Gasteiger partial charge in [-0.2, -0.15) is 13.2 Å². The topological polar surface area (TPSA) is 83.6 Å². The summed E-state index contributed by atoms with van der Waals surface area (Å²) in [6, 6.07) is 5.59. The predicted molar refractivity (Wildman–Crippen MR) is 91.9 cm³/mol. The molecule has 0 unspecified atom stereocenters. The average Bonchev–Trinajstić information content (AvgIpc) is 3.12. The highest BCUT2D eigenvalue weighted by Crippen LogP contribution is 2.54. The zero-order valence-electron chi connectivity index (χ0n) is 14.1. The maximum atomic E-state index is 13.6. The molecule has 0 saturated carbocycles. The number of halogens is 3. The number of rotatable bonds is 3. The Morgan fingerprint density at radius 1 is 1.26 bits per heavy atom. The van der Waals surface area contributed by atoms with Crippen LogP contribution in [0.25, 0.3) is 0 Å². The van der Waals surface area contributed by atoms with Crippen LogP contribution >= 0.6 is 0 Å². The van der Waals surface area contributed by atoms with Crippen LogP contribution < -0.4 is 5.32 Å². The van der Waals surface area contributed by atoms with Crippen LogP contribution in [-0.2, 0) is 14.6 Å². The molecular weight excluding hydrogens is 385 g/mol. The largest absolute Gasteiger partial charge is 0.397 e. The van der Waals surface area contributed by atoms with Gasteiger partial charge in [-0.1, -0.05) is 6.58 Å². The van der Waals surface area contributed by atoms with E-state index in [1.165, 1.54) is 24.3 Å². The van der Waals surface area contributed by atoms with Crippen LogP contribution in [-0.4, -0.2) is 55.4 Å². The van der Waals surface area contributed by atoms with Gasteiger partial charge in [0.05, 0.1) is 11.0 Å². The molecule has 2 saturated heterocycles. The van der Waals surface area contributed by atoms with Gasteiger partial charge in [0.1, 0.15) is 5.41 Å². The number of hydrogen-bond acceptors (Lipinski definition) is 4. The summed E-state index contributed by atoms with van der Waals surface area (Å²) >= 11 is 0. The van der Waals surface area contributed by atoms with Crippen LogP contribution in [0.1, 0.15) is 16.8 Å².